The van der Waals surface area contributed by atoms with E-state index in [9.17, 15) is 4.79 Å². The van der Waals surface area contributed by atoms with Crippen LogP contribution in [0.1, 0.15) is 18.0 Å². The van der Waals surface area contributed by atoms with Crippen LogP contribution in [0.4, 0.5) is 0 Å². The molecule has 1 saturated heterocycles. The minimum Gasteiger partial charge on any atom is -0.481 e. The van der Waals surface area contributed by atoms with Crippen molar-refractivity contribution in [3.63, 3.8) is 0 Å². The molecule has 2 atom stereocenters. The van der Waals surface area contributed by atoms with Crippen LogP contribution < -0.4 is 5.73 Å². The number of rotatable bonds is 4. The van der Waals surface area contributed by atoms with Crippen LogP contribution >= 0.6 is 11.6 Å². The number of nitrogens with two attached hydrogens (primary N) is 1. The van der Waals surface area contributed by atoms with Crippen molar-refractivity contribution in [3.8, 4) is 0 Å². The number of hydrogen-bond donors (Lipinski definition) is 2. The van der Waals surface area contributed by atoms with Crippen molar-refractivity contribution in [1.82, 2.24) is 4.90 Å². The van der Waals surface area contributed by atoms with Crippen LogP contribution in [-0.4, -0.2) is 35.6 Å². The Hall–Kier alpha value is -1.10. The maximum atomic E-state index is 11.0. The third kappa shape index (κ3) is 2.83. The number of carboxylic acid groups (broad SMARTS) is 1. The van der Waals surface area contributed by atoms with E-state index in [-0.39, 0.29) is 12.0 Å². The highest BCUT2D eigenvalue weighted by Crippen LogP contribution is 2.28. The van der Waals surface area contributed by atoms with Gasteiger partial charge in [-0.25, -0.2) is 0 Å². The summed E-state index contributed by atoms with van der Waals surface area (Å²) in [6.45, 7) is 1.79. The number of halogens is 1. The lowest BCUT2D eigenvalue weighted by Gasteiger charge is -2.27. The fraction of sp³-hybridized carbons (Fsp3) is 0.462. The Labute approximate surface area is 111 Å². The van der Waals surface area contributed by atoms with Gasteiger partial charge in [0.15, 0.2) is 0 Å². The lowest BCUT2D eigenvalue weighted by molar-refractivity contribution is -0.141. The summed E-state index contributed by atoms with van der Waals surface area (Å²) in [6.07, 6.45) is 0.687. The molecule has 1 heterocycles. The zero-order valence-electron chi connectivity index (χ0n) is 10.1. The first kappa shape index (κ1) is 13.3. The predicted octanol–water partition coefficient (Wildman–Crippen LogP) is 1.75. The lowest BCUT2D eigenvalue weighted by Crippen LogP contribution is -2.32. The second kappa shape index (κ2) is 5.69. The van der Waals surface area contributed by atoms with E-state index in [1.165, 1.54) is 0 Å². The average molecular weight is 269 g/mol. The van der Waals surface area contributed by atoms with Gasteiger partial charge in [0.25, 0.3) is 0 Å². The Morgan fingerprint density at radius 2 is 2.39 bits per heavy atom. The highest BCUT2D eigenvalue weighted by Gasteiger charge is 2.32. The summed E-state index contributed by atoms with van der Waals surface area (Å²) in [5.74, 6) is -1.00. The first-order valence-electron chi connectivity index (χ1n) is 6.04. The number of benzene rings is 1. The molecule has 98 valence electrons. The number of likely N-dealkylation sites (tertiary alicyclic amines) is 1. The van der Waals surface area contributed by atoms with Crippen molar-refractivity contribution in [2.45, 2.75) is 12.5 Å². The van der Waals surface area contributed by atoms with Gasteiger partial charge in [0.2, 0.25) is 0 Å². The molecule has 1 aromatic carbocycles. The summed E-state index contributed by atoms with van der Waals surface area (Å²) < 4.78 is 0. The Kier molecular flexibility index (Phi) is 4.22. The Morgan fingerprint density at radius 1 is 1.61 bits per heavy atom. The number of carboxylic acids is 1. The van der Waals surface area contributed by atoms with Crippen molar-refractivity contribution >= 4 is 17.6 Å². The second-order valence-electron chi connectivity index (χ2n) is 4.63. The van der Waals surface area contributed by atoms with Crippen LogP contribution in [0, 0.1) is 5.92 Å². The molecule has 0 aromatic heterocycles. The topological polar surface area (TPSA) is 66.6 Å². The van der Waals surface area contributed by atoms with Crippen molar-refractivity contribution in [3.05, 3.63) is 34.9 Å². The molecule has 2 rings (SSSR count). The van der Waals surface area contributed by atoms with Crippen molar-refractivity contribution in [1.29, 1.82) is 0 Å². The number of aliphatic carboxylic acids is 1. The van der Waals surface area contributed by atoms with Gasteiger partial charge in [-0.1, -0.05) is 23.7 Å². The van der Waals surface area contributed by atoms with Gasteiger partial charge in [-0.2, -0.15) is 0 Å². The monoisotopic (exact) mass is 268 g/mol. The molecule has 1 aliphatic rings. The minimum absolute atomic E-state index is 0.0491. The van der Waals surface area contributed by atoms with Crippen LogP contribution in [-0.2, 0) is 4.79 Å². The van der Waals surface area contributed by atoms with Crippen LogP contribution in [0.15, 0.2) is 24.3 Å². The lowest BCUT2D eigenvalue weighted by atomic mass is 10.1. The molecule has 0 saturated carbocycles. The summed E-state index contributed by atoms with van der Waals surface area (Å²) in [5, 5.41) is 9.70. The van der Waals surface area contributed by atoms with Crippen LogP contribution in [0.2, 0.25) is 5.02 Å². The van der Waals surface area contributed by atoms with Gasteiger partial charge in [-0.05, 0) is 30.7 Å². The molecule has 0 aliphatic carbocycles. The summed E-state index contributed by atoms with van der Waals surface area (Å²) in [6, 6.07) is 7.64. The first-order valence-corrected chi connectivity index (χ1v) is 6.42. The number of carbonyl (C=O) groups is 1. The molecule has 0 amide bonds. The van der Waals surface area contributed by atoms with E-state index < -0.39 is 5.97 Å². The highest BCUT2D eigenvalue weighted by molar-refractivity contribution is 6.30. The van der Waals surface area contributed by atoms with E-state index in [1.807, 2.05) is 24.3 Å². The summed E-state index contributed by atoms with van der Waals surface area (Å²) in [7, 11) is 0. The van der Waals surface area contributed by atoms with Gasteiger partial charge in [0.1, 0.15) is 0 Å². The molecule has 0 spiro atoms. The van der Waals surface area contributed by atoms with Crippen LogP contribution in [0.3, 0.4) is 0 Å². The maximum absolute atomic E-state index is 11.0. The molecule has 1 aromatic rings. The van der Waals surface area contributed by atoms with Crippen LogP contribution in [0.5, 0.6) is 0 Å². The fourth-order valence-electron chi connectivity index (χ4n) is 2.48. The quantitative estimate of drug-likeness (QED) is 0.873. The molecule has 4 nitrogen and oxygen atoms in total. The van der Waals surface area contributed by atoms with E-state index >= 15 is 0 Å². The normalized spacial score (nSPS) is 22.0. The zero-order valence-corrected chi connectivity index (χ0v) is 10.8. The average Bonchev–Trinajstić information content (AvgIpc) is 2.80. The smallest absolute Gasteiger partial charge is 0.307 e. The Morgan fingerprint density at radius 3 is 2.94 bits per heavy atom. The van der Waals surface area contributed by atoms with Crippen LogP contribution in [0.25, 0.3) is 0 Å². The third-order valence-corrected chi connectivity index (χ3v) is 3.70. The molecular weight excluding hydrogens is 252 g/mol. The van der Waals surface area contributed by atoms with E-state index in [2.05, 4.69) is 4.90 Å². The highest BCUT2D eigenvalue weighted by atomic mass is 35.5. The fourth-order valence-corrected chi connectivity index (χ4v) is 2.68. The van der Waals surface area contributed by atoms with Crippen molar-refractivity contribution < 1.29 is 9.90 Å². The van der Waals surface area contributed by atoms with E-state index in [1.54, 1.807) is 0 Å². The first-order chi connectivity index (χ1) is 8.61. The third-order valence-electron chi connectivity index (χ3n) is 3.47. The zero-order chi connectivity index (χ0) is 13.1. The summed E-state index contributed by atoms with van der Waals surface area (Å²) >= 11 is 5.98. The van der Waals surface area contributed by atoms with Gasteiger partial charge < -0.3 is 10.8 Å². The van der Waals surface area contributed by atoms with E-state index in [4.69, 9.17) is 22.4 Å². The maximum Gasteiger partial charge on any atom is 0.307 e. The molecule has 18 heavy (non-hydrogen) atoms. The molecule has 0 radical (unpaired) electrons. The predicted molar refractivity (Wildman–Crippen MR) is 70.6 cm³/mol. The van der Waals surface area contributed by atoms with Crippen molar-refractivity contribution in [2.75, 3.05) is 19.6 Å². The molecule has 5 heteroatoms. The molecule has 1 fully saturated rings. The van der Waals surface area contributed by atoms with Crippen molar-refractivity contribution in [2.24, 2.45) is 11.7 Å². The SMILES string of the molecule is NC[C@@H](c1cccc(Cl)c1)N1CC[C@H](C(=O)O)C1. The molecule has 3 N–H and O–H groups in total. The largest absolute Gasteiger partial charge is 0.481 e. The Balaban J connectivity index is 2.13. The minimum atomic E-state index is -0.723. The molecule has 1 aliphatic heterocycles. The number of nitrogens with zero attached hydrogens (tertiary/aromatic N) is 1. The Bertz CT molecular complexity index is 439. The van der Waals surface area contributed by atoms with Gasteiger partial charge in [0, 0.05) is 24.2 Å². The standard InChI is InChI=1S/C13H17ClN2O2/c14-11-3-1-2-9(6-11)12(7-15)16-5-4-10(8-16)13(17)18/h1-3,6,10,12H,4-5,7-8,15H2,(H,17,18)/t10-,12-/m0/s1. The van der Waals surface area contributed by atoms with Gasteiger partial charge in [-0.15, -0.1) is 0 Å². The summed E-state index contributed by atoms with van der Waals surface area (Å²) in [4.78, 5) is 13.1. The van der Waals surface area contributed by atoms with Gasteiger partial charge in [-0.3, -0.25) is 9.69 Å². The molecule has 0 bridgehead atoms. The number of hydrogen-bond acceptors (Lipinski definition) is 3. The van der Waals surface area contributed by atoms with Gasteiger partial charge in [0.05, 0.1) is 5.92 Å². The van der Waals surface area contributed by atoms with Gasteiger partial charge >= 0.3 is 5.97 Å². The van der Waals surface area contributed by atoms with E-state index in [0.29, 0.717) is 24.5 Å². The van der Waals surface area contributed by atoms with E-state index in [0.717, 1.165) is 12.1 Å². The molecule has 0 unspecified atom stereocenters. The second-order valence-corrected chi connectivity index (χ2v) is 5.06. The molecular formula is C13H17ClN2O2. The summed E-state index contributed by atoms with van der Waals surface area (Å²) in [5.41, 5.74) is 6.88.